The van der Waals surface area contributed by atoms with Gasteiger partial charge in [0.15, 0.2) is 0 Å². The van der Waals surface area contributed by atoms with E-state index in [0.29, 0.717) is 5.92 Å². The van der Waals surface area contributed by atoms with Crippen molar-refractivity contribution in [2.24, 2.45) is 0 Å². The summed E-state index contributed by atoms with van der Waals surface area (Å²) in [5, 5.41) is 5.78. The van der Waals surface area contributed by atoms with Crippen LogP contribution in [0.5, 0.6) is 0 Å². The second-order valence-electron chi connectivity index (χ2n) is 4.70. The molecule has 1 nitrogen and oxygen atoms in total. The van der Waals surface area contributed by atoms with Gasteiger partial charge in [0.25, 0.3) is 0 Å². The lowest BCUT2D eigenvalue weighted by Gasteiger charge is -2.11. The van der Waals surface area contributed by atoms with E-state index in [1.54, 1.807) is 0 Å². The molecule has 1 aromatic carbocycles. The zero-order valence-electron chi connectivity index (χ0n) is 10.5. The molecular weight excluding hydrogens is 258 g/mol. The number of fused-ring (bicyclic) bond motifs is 1. The van der Waals surface area contributed by atoms with E-state index in [2.05, 4.69) is 48.0 Å². The Balaban J connectivity index is 1.58. The molecule has 0 saturated carbocycles. The van der Waals surface area contributed by atoms with Crippen LogP contribution in [0.4, 0.5) is 0 Å². The summed E-state index contributed by atoms with van der Waals surface area (Å²) < 4.78 is 0. The van der Waals surface area contributed by atoms with Crippen LogP contribution in [0.15, 0.2) is 40.6 Å². The van der Waals surface area contributed by atoms with Crippen LogP contribution in [0.25, 0.3) is 0 Å². The minimum Gasteiger partial charge on any atom is -0.311 e. The third-order valence-electron chi connectivity index (χ3n) is 3.44. The van der Waals surface area contributed by atoms with E-state index in [1.165, 1.54) is 26.7 Å². The fourth-order valence-electron chi connectivity index (χ4n) is 2.34. The highest BCUT2D eigenvalue weighted by atomic mass is 32.2. The predicted molar refractivity (Wildman–Crippen MR) is 80.7 cm³/mol. The first kappa shape index (κ1) is 12.3. The van der Waals surface area contributed by atoms with E-state index in [0.717, 1.165) is 13.1 Å². The molecule has 94 valence electrons. The largest absolute Gasteiger partial charge is 0.311 e. The van der Waals surface area contributed by atoms with Gasteiger partial charge in [-0.25, -0.2) is 0 Å². The molecule has 3 heteroatoms. The third kappa shape index (κ3) is 2.48. The van der Waals surface area contributed by atoms with Gasteiger partial charge in [0, 0.05) is 34.5 Å². The number of rotatable bonds is 4. The number of thiophene rings is 1. The molecule has 0 radical (unpaired) electrons. The standard InChI is InChI=1S/C15H17NS2/c1-11-6-7-17-15(11)9-16-8-12-10-18-14-5-3-2-4-13(12)14/h2-7,12,16H,8-10H2,1H3. The highest BCUT2D eigenvalue weighted by Crippen LogP contribution is 2.38. The number of nitrogens with one attached hydrogen (secondary N) is 1. The molecule has 0 spiro atoms. The molecule has 3 rings (SSSR count). The Labute approximate surface area is 117 Å². The van der Waals surface area contributed by atoms with Gasteiger partial charge in [-0.2, -0.15) is 0 Å². The molecule has 0 amide bonds. The molecule has 1 N–H and O–H groups in total. The summed E-state index contributed by atoms with van der Waals surface area (Å²) in [6.45, 7) is 4.28. The topological polar surface area (TPSA) is 12.0 Å². The second kappa shape index (κ2) is 5.47. The van der Waals surface area contributed by atoms with Gasteiger partial charge in [-0.15, -0.1) is 23.1 Å². The molecule has 1 atom stereocenters. The first-order chi connectivity index (χ1) is 8.84. The number of hydrogen-bond acceptors (Lipinski definition) is 3. The molecule has 0 fully saturated rings. The lowest BCUT2D eigenvalue weighted by molar-refractivity contribution is 0.624. The Kier molecular flexibility index (Phi) is 3.73. The minimum absolute atomic E-state index is 0.673. The quantitative estimate of drug-likeness (QED) is 0.904. The van der Waals surface area contributed by atoms with Crippen LogP contribution < -0.4 is 5.32 Å². The molecule has 2 aromatic rings. The Morgan fingerprint density at radius 3 is 3.00 bits per heavy atom. The predicted octanol–water partition coefficient (Wildman–Crippen LogP) is 4.04. The van der Waals surface area contributed by atoms with Crippen molar-refractivity contribution >= 4 is 23.1 Å². The summed E-state index contributed by atoms with van der Waals surface area (Å²) in [7, 11) is 0. The zero-order valence-corrected chi connectivity index (χ0v) is 12.1. The van der Waals surface area contributed by atoms with Crippen LogP contribution in [0.2, 0.25) is 0 Å². The van der Waals surface area contributed by atoms with Gasteiger partial charge in [0.1, 0.15) is 0 Å². The number of thioether (sulfide) groups is 1. The van der Waals surface area contributed by atoms with Gasteiger partial charge >= 0.3 is 0 Å². The lowest BCUT2D eigenvalue weighted by atomic mass is 10.0. The summed E-state index contributed by atoms with van der Waals surface area (Å²) in [4.78, 5) is 2.94. The Hall–Kier alpha value is -0.770. The number of hydrogen-bond donors (Lipinski definition) is 1. The van der Waals surface area contributed by atoms with Gasteiger partial charge in [0.05, 0.1) is 0 Å². The van der Waals surface area contributed by atoms with Crippen molar-refractivity contribution in [3.8, 4) is 0 Å². The van der Waals surface area contributed by atoms with E-state index in [-0.39, 0.29) is 0 Å². The molecule has 2 heterocycles. The van der Waals surface area contributed by atoms with E-state index in [4.69, 9.17) is 0 Å². The van der Waals surface area contributed by atoms with Gasteiger partial charge < -0.3 is 5.32 Å². The highest BCUT2D eigenvalue weighted by molar-refractivity contribution is 7.99. The van der Waals surface area contributed by atoms with E-state index >= 15 is 0 Å². The maximum absolute atomic E-state index is 3.61. The van der Waals surface area contributed by atoms with E-state index < -0.39 is 0 Å². The van der Waals surface area contributed by atoms with E-state index in [1.807, 2.05) is 23.1 Å². The van der Waals surface area contributed by atoms with Crippen LogP contribution in [-0.2, 0) is 6.54 Å². The fourth-order valence-corrected chi connectivity index (χ4v) is 4.47. The maximum Gasteiger partial charge on any atom is 0.0302 e. The molecule has 1 aliphatic rings. The maximum atomic E-state index is 3.61. The monoisotopic (exact) mass is 275 g/mol. The summed E-state index contributed by atoms with van der Waals surface area (Å²) in [5.74, 6) is 1.89. The first-order valence-corrected chi connectivity index (χ1v) is 8.16. The zero-order chi connectivity index (χ0) is 12.4. The Morgan fingerprint density at radius 2 is 2.17 bits per heavy atom. The molecule has 1 aromatic heterocycles. The SMILES string of the molecule is Cc1ccsc1CNCC1CSc2ccccc21. The average Bonchev–Trinajstić information content (AvgIpc) is 2.97. The lowest BCUT2D eigenvalue weighted by Crippen LogP contribution is -2.21. The third-order valence-corrected chi connectivity index (χ3v) is 5.72. The molecule has 0 aliphatic carbocycles. The fraction of sp³-hybridized carbons (Fsp3) is 0.333. The van der Waals surface area contributed by atoms with Crippen molar-refractivity contribution in [1.29, 1.82) is 0 Å². The van der Waals surface area contributed by atoms with Gasteiger partial charge in [-0.3, -0.25) is 0 Å². The smallest absolute Gasteiger partial charge is 0.0302 e. The van der Waals surface area contributed by atoms with Crippen molar-refractivity contribution in [1.82, 2.24) is 5.32 Å². The van der Waals surface area contributed by atoms with Gasteiger partial charge in [0.2, 0.25) is 0 Å². The summed E-state index contributed by atoms with van der Waals surface area (Å²) >= 11 is 3.84. The second-order valence-corrected chi connectivity index (χ2v) is 6.77. The molecule has 18 heavy (non-hydrogen) atoms. The number of benzene rings is 1. The summed E-state index contributed by atoms with van der Waals surface area (Å²) in [5.41, 5.74) is 2.94. The average molecular weight is 275 g/mol. The van der Waals surface area contributed by atoms with Crippen molar-refractivity contribution in [3.05, 3.63) is 51.7 Å². The highest BCUT2D eigenvalue weighted by Gasteiger charge is 2.21. The summed E-state index contributed by atoms with van der Waals surface area (Å²) in [6, 6.07) is 11.0. The van der Waals surface area contributed by atoms with Gasteiger partial charge in [-0.05, 0) is 35.6 Å². The summed E-state index contributed by atoms with van der Waals surface area (Å²) in [6.07, 6.45) is 0. The van der Waals surface area contributed by atoms with Crippen molar-refractivity contribution < 1.29 is 0 Å². The van der Waals surface area contributed by atoms with Gasteiger partial charge in [-0.1, -0.05) is 18.2 Å². The van der Waals surface area contributed by atoms with Crippen LogP contribution >= 0.6 is 23.1 Å². The van der Waals surface area contributed by atoms with Crippen molar-refractivity contribution in [2.45, 2.75) is 24.3 Å². The molecule has 0 saturated heterocycles. The van der Waals surface area contributed by atoms with Crippen LogP contribution in [0.1, 0.15) is 21.9 Å². The minimum atomic E-state index is 0.673. The first-order valence-electron chi connectivity index (χ1n) is 6.30. The Morgan fingerprint density at radius 1 is 1.28 bits per heavy atom. The van der Waals surface area contributed by atoms with Crippen LogP contribution in [-0.4, -0.2) is 12.3 Å². The Bertz CT molecular complexity index is 533. The molecular formula is C15H17NS2. The van der Waals surface area contributed by atoms with Crippen molar-refractivity contribution in [3.63, 3.8) is 0 Å². The van der Waals surface area contributed by atoms with Crippen molar-refractivity contribution in [2.75, 3.05) is 12.3 Å². The van der Waals surface area contributed by atoms with E-state index in [9.17, 15) is 0 Å². The van der Waals surface area contributed by atoms with Crippen LogP contribution in [0, 0.1) is 6.92 Å². The van der Waals surface area contributed by atoms with Crippen LogP contribution in [0.3, 0.4) is 0 Å². The molecule has 1 unspecified atom stereocenters. The molecule has 0 bridgehead atoms. The molecule has 1 aliphatic heterocycles. The number of aryl methyl sites for hydroxylation is 1. The normalized spacial score (nSPS) is 17.9.